The van der Waals surface area contributed by atoms with Crippen molar-refractivity contribution in [1.82, 2.24) is 10.3 Å². The molecule has 0 aliphatic carbocycles. The lowest BCUT2D eigenvalue weighted by Crippen LogP contribution is -2.19. The third-order valence-corrected chi connectivity index (χ3v) is 2.52. The second-order valence-electron chi connectivity index (χ2n) is 3.73. The molecule has 1 N–H and O–H groups in total. The Hall–Kier alpha value is -1.29. The van der Waals surface area contributed by atoms with Crippen LogP contribution in [0.4, 0.5) is 0 Å². The summed E-state index contributed by atoms with van der Waals surface area (Å²) >= 11 is 0. The van der Waals surface area contributed by atoms with Crippen LogP contribution in [-0.2, 0) is 0 Å². The molecule has 2 heterocycles. The van der Waals surface area contributed by atoms with E-state index in [9.17, 15) is 0 Å². The highest BCUT2D eigenvalue weighted by Gasteiger charge is 2.16. The zero-order valence-electron chi connectivity index (χ0n) is 9.12. The molecular formula is C11H16N2O2. The van der Waals surface area contributed by atoms with Crippen molar-refractivity contribution in [2.24, 2.45) is 0 Å². The second-order valence-corrected chi connectivity index (χ2v) is 3.73. The Labute approximate surface area is 89.6 Å². The van der Waals surface area contributed by atoms with Gasteiger partial charge in [0.1, 0.15) is 11.9 Å². The molecule has 4 heteroatoms. The van der Waals surface area contributed by atoms with Crippen LogP contribution in [0.1, 0.15) is 12.0 Å². The molecule has 15 heavy (non-hydrogen) atoms. The fourth-order valence-electron chi connectivity index (χ4n) is 1.74. The first-order chi connectivity index (χ1) is 7.29. The summed E-state index contributed by atoms with van der Waals surface area (Å²) in [7, 11) is 1.62. The highest BCUT2D eigenvalue weighted by atomic mass is 16.5. The Morgan fingerprint density at radius 3 is 3.00 bits per heavy atom. The lowest BCUT2D eigenvalue weighted by atomic mass is 10.3. The van der Waals surface area contributed by atoms with E-state index in [2.05, 4.69) is 10.3 Å². The number of nitrogens with one attached hydrogen (secondary N) is 1. The van der Waals surface area contributed by atoms with Crippen molar-refractivity contribution in [3.8, 4) is 11.6 Å². The smallest absolute Gasteiger partial charge is 0.216 e. The minimum absolute atomic E-state index is 0.277. The molecule has 1 aliphatic rings. The van der Waals surface area contributed by atoms with E-state index in [1.165, 1.54) is 0 Å². The zero-order chi connectivity index (χ0) is 10.7. The van der Waals surface area contributed by atoms with Crippen LogP contribution >= 0.6 is 0 Å². The van der Waals surface area contributed by atoms with Gasteiger partial charge in [-0.2, -0.15) is 0 Å². The van der Waals surface area contributed by atoms with E-state index in [1.54, 1.807) is 13.3 Å². The van der Waals surface area contributed by atoms with Gasteiger partial charge in [-0.3, -0.25) is 0 Å². The van der Waals surface area contributed by atoms with Crippen LogP contribution < -0.4 is 14.8 Å². The predicted molar refractivity (Wildman–Crippen MR) is 57.4 cm³/mol. The Kier molecular flexibility index (Phi) is 3.06. The summed E-state index contributed by atoms with van der Waals surface area (Å²) in [5.74, 6) is 1.48. The van der Waals surface area contributed by atoms with Gasteiger partial charge in [0, 0.05) is 12.1 Å². The van der Waals surface area contributed by atoms with Gasteiger partial charge in [-0.1, -0.05) is 0 Å². The van der Waals surface area contributed by atoms with E-state index in [4.69, 9.17) is 9.47 Å². The van der Waals surface area contributed by atoms with Gasteiger partial charge >= 0.3 is 0 Å². The number of rotatable bonds is 3. The quantitative estimate of drug-likeness (QED) is 0.809. The van der Waals surface area contributed by atoms with E-state index in [0.717, 1.165) is 30.8 Å². The van der Waals surface area contributed by atoms with E-state index in [1.807, 2.05) is 13.0 Å². The molecule has 0 radical (unpaired) electrons. The number of pyridine rings is 1. The first kappa shape index (κ1) is 10.2. The van der Waals surface area contributed by atoms with Crippen molar-refractivity contribution in [2.45, 2.75) is 19.4 Å². The van der Waals surface area contributed by atoms with Gasteiger partial charge in [0.25, 0.3) is 0 Å². The van der Waals surface area contributed by atoms with Crippen LogP contribution in [0.3, 0.4) is 0 Å². The third-order valence-electron chi connectivity index (χ3n) is 2.52. The van der Waals surface area contributed by atoms with Crippen LogP contribution in [0.5, 0.6) is 11.6 Å². The molecule has 1 unspecified atom stereocenters. The Bertz CT molecular complexity index is 335. The first-order valence-corrected chi connectivity index (χ1v) is 5.17. The molecule has 0 spiro atoms. The van der Waals surface area contributed by atoms with Crippen LogP contribution in [0, 0.1) is 6.92 Å². The molecule has 82 valence electrons. The van der Waals surface area contributed by atoms with Gasteiger partial charge in [0.2, 0.25) is 5.88 Å². The molecule has 1 saturated heterocycles. The lowest BCUT2D eigenvalue weighted by molar-refractivity contribution is 0.221. The topological polar surface area (TPSA) is 43.4 Å². The number of hydrogen-bond donors (Lipinski definition) is 1. The van der Waals surface area contributed by atoms with Gasteiger partial charge in [-0.25, -0.2) is 4.98 Å². The number of aromatic nitrogens is 1. The van der Waals surface area contributed by atoms with Crippen molar-refractivity contribution in [3.63, 3.8) is 0 Å². The molecule has 0 amide bonds. The normalized spacial score (nSPS) is 20.3. The van der Waals surface area contributed by atoms with Gasteiger partial charge in [-0.15, -0.1) is 0 Å². The lowest BCUT2D eigenvalue weighted by Gasteiger charge is -2.13. The van der Waals surface area contributed by atoms with E-state index in [0.29, 0.717) is 5.88 Å². The van der Waals surface area contributed by atoms with E-state index in [-0.39, 0.29) is 6.10 Å². The summed E-state index contributed by atoms with van der Waals surface area (Å²) in [6.07, 6.45) is 3.05. The van der Waals surface area contributed by atoms with Crippen LogP contribution in [0.25, 0.3) is 0 Å². The second kappa shape index (κ2) is 4.49. The summed E-state index contributed by atoms with van der Waals surface area (Å²) in [4.78, 5) is 4.17. The van der Waals surface area contributed by atoms with Crippen molar-refractivity contribution >= 4 is 0 Å². The third kappa shape index (κ3) is 2.39. The maximum atomic E-state index is 5.78. The molecule has 1 aliphatic heterocycles. The zero-order valence-corrected chi connectivity index (χ0v) is 9.12. The van der Waals surface area contributed by atoms with E-state index < -0.39 is 0 Å². The minimum Gasteiger partial charge on any atom is -0.487 e. The molecule has 0 saturated carbocycles. The SMILES string of the molecule is COc1ncc(OC2CCNC2)cc1C. The number of aryl methyl sites for hydroxylation is 1. The molecule has 0 aromatic carbocycles. The van der Waals surface area contributed by atoms with Crippen LogP contribution in [-0.4, -0.2) is 31.3 Å². The van der Waals surface area contributed by atoms with Gasteiger partial charge < -0.3 is 14.8 Å². The Morgan fingerprint density at radius 1 is 1.53 bits per heavy atom. The first-order valence-electron chi connectivity index (χ1n) is 5.17. The highest BCUT2D eigenvalue weighted by molar-refractivity contribution is 5.32. The maximum absolute atomic E-state index is 5.78. The van der Waals surface area contributed by atoms with E-state index >= 15 is 0 Å². The molecular weight excluding hydrogens is 192 g/mol. The predicted octanol–water partition coefficient (Wildman–Crippen LogP) is 1.14. The monoisotopic (exact) mass is 208 g/mol. The van der Waals surface area contributed by atoms with Crippen molar-refractivity contribution in [3.05, 3.63) is 17.8 Å². The summed E-state index contributed by atoms with van der Waals surface area (Å²) in [5.41, 5.74) is 1.00. The van der Waals surface area contributed by atoms with Crippen molar-refractivity contribution in [1.29, 1.82) is 0 Å². The molecule has 2 rings (SSSR count). The van der Waals surface area contributed by atoms with Gasteiger partial charge in [0.15, 0.2) is 0 Å². The Balaban J connectivity index is 2.05. The largest absolute Gasteiger partial charge is 0.487 e. The standard InChI is InChI=1S/C11H16N2O2/c1-8-5-10(7-13-11(8)14-2)15-9-3-4-12-6-9/h5,7,9,12H,3-4,6H2,1-2H3. The number of methoxy groups -OCH3 is 1. The molecule has 1 aromatic rings. The molecule has 1 atom stereocenters. The van der Waals surface area contributed by atoms with Crippen molar-refractivity contribution in [2.75, 3.05) is 20.2 Å². The van der Waals surface area contributed by atoms with Crippen LogP contribution in [0.15, 0.2) is 12.3 Å². The highest BCUT2D eigenvalue weighted by Crippen LogP contribution is 2.21. The fraction of sp³-hybridized carbons (Fsp3) is 0.545. The van der Waals surface area contributed by atoms with Crippen LogP contribution in [0.2, 0.25) is 0 Å². The summed E-state index contributed by atoms with van der Waals surface area (Å²) in [5, 5.41) is 3.26. The Morgan fingerprint density at radius 2 is 2.40 bits per heavy atom. The fourth-order valence-corrected chi connectivity index (χ4v) is 1.74. The van der Waals surface area contributed by atoms with Gasteiger partial charge in [0.05, 0.1) is 13.3 Å². The minimum atomic E-state index is 0.277. The number of ether oxygens (including phenoxy) is 2. The molecule has 4 nitrogen and oxygen atoms in total. The number of hydrogen-bond acceptors (Lipinski definition) is 4. The van der Waals surface area contributed by atoms with Crippen molar-refractivity contribution < 1.29 is 9.47 Å². The summed E-state index contributed by atoms with van der Waals surface area (Å²) in [6, 6.07) is 1.96. The maximum Gasteiger partial charge on any atom is 0.216 e. The van der Waals surface area contributed by atoms with Gasteiger partial charge in [-0.05, 0) is 26.0 Å². The summed E-state index contributed by atoms with van der Waals surface area (Å²) < 4.78 is 10.9. The molecule has 1 fully saturated rings. The summed E-state index contributed by atoms with van der Waals surface area (Å²) in [6.45, 7) is 3.92. The number of nitrogens with zero attached hydrogens (tertiary/aromatic N) is 1. The molecule has 0 bridgehead atoms. The molecule has 1 aromatic heterocycles. The average Bonchev–Trinajstić information content (AvgIpc) is 2.71. The average molecular weight is 208 g/mol.